The summed E-state index contributed by atoms with van der Waals surface area (Å²) < 4.78 is 30.5. The van der Waals surface area contributed by atoms with Crippen LogP contribution in [0.5, 0.6) is 5.75 Å². The van der Waals surface area contributed by atoms with E-state index in [0.717, 1.165) is 6.07 Å². The fourth-order valence-electron chi connectivity index (χ4n) is 1.69. The second kappa shape index (κ2) is 5.56. The molecule has 0 unspecified atom stereocenters. The Labute approximate surface area is 108 Å². The molecule has 1 aromatic carbocycles. The highest BCUT2D eigenvalue weighted by Crippen LogP contribution is 2.30. The number of benzene rings is 1. The first-order valence-corrected chi connectivity index (χ1v) is 5.55. The van der Waals surface area contributed by atoms with Crippen LogP contribution >= 0.6 is 0 Å². The Kier molecular flexibility index (Phi) is 3.85. The molecule has 0 aliphatic heterocycles. The van der Waals surface area contributed by atoms with Crippen LogP contribution < -0.4 is 4.74 Å². The summed E-state index contributed by atoms with van der Waals surface area (Å²) in [5.41, 5.74) is 0.0759. The first kappa shape index (κ1) is 13.1. The van der Waals surface area contributed by atoms with Crippen LogP contribution in [0.15, 0.2) is 42.6 Å². The van der Waals surface area contributed by atoms with Crippen molar-refractivity contribution in [2.75, 3.05) is 7.11 Å². The highest BCUT2D eigenvalue weighted by atomic mass is 19.3. The van der Waals surface area contributed by atoms with Gasteiger partial charge in [-0.15, -0.1) is 0 Å². The van der Waals surface area contributed by atoms with Crippen molar-refractivity contribution in [3.8, 4) is 5.75 Å². The summed E-state index contributed by atoms with van der Waals surface area (Å²) in [5.74, 6) is -0.335. The van der Waals surface area contributed by atoms with Crippen molar-refractivity contribution in [3.05, 3.63) is 59.4 Å². The predicted octanol–water partition coefficient (Wildman–Crippen LogP) is 3.26. The summed E-state index contributed by atoms with van der Waals surface area (Å²) in [4.78, 5) is 16.0. The summed E-state index contributed by atoms with van der Waals surface area (Å²) in [5, 5.41) is 0. The molecule has 0 saturated carbocycles. The van der Waals surface area contributed by atoms with E-state index >= 15 is 0 Å². The zero-order valence-corrected chi connectivity index (χ0v) is 10.1. The topological polar surface area (TPSA) is 39.2 Å². The van der Waals surface area contributed by atoms with Gasteiger partial charge in [0.25, 0.3) is 6.43 Å². The maximum atomic E-state index is 12.9. The number of ether oxygens (including phenoxy) is 1. The number of aromatic nitrogens is 1. The normalized spacial score (nSPS) is 10.5. The molecule has 1 heterocycles. The first-order chi connectivity index (χ1) is 9.13. The largest absolute Gasteiger partial charge is 0.496 e. The lowest BCUT2D eigenvalue weighted by Crippen LogP contribution is -2.05. The second-order valence-corrected chi connectivity index (χ2v) is 3.80. The lowest BCUT2D eigenvalue weighted by molar-refractivity contribution is 0.103. The quantitative estimate of drug-likeness (QED) is 0.795. The summed E-state index contributed by atoms with van der Waals surface area (Å²) in [6, 6.07) is 8.82. The van der Waals surface area contributed by atoms with Crippen LogP contribution in [-0.4, -0.2) is 17.9 Å². The monoisotopic (exact) mass is 263 g/mol. The number of hydrogen-bond donors (Lipinski definition) is 0. The average molecular weight is 263 g/mol. The third-order valence-electron chi connectivity index (χ3n) is 2.62. The smallest absolute Gasteiger partial charge is 0.267 e. The van der Waals surface area contributed by atoms with Crippen LogP contribution in [0.25, 0.3) is 0 Å². The number of pyridine rings is 1. The van der Waals surface area contributed by atoms with Gasteiger partial charge in [0.15, 0.2) is 0 Å². The molecule has 2 aromatic rings. The third-order valence-corrected chi connectivity index (χ3v) is 2.62. The minimum atomic E-state index is -2.70. The second-order valence-electron chi connectivity index (χ2n) is 3.80. The average Bonchev–Trinajstić information content (AvgIpc) is 2.46. The van der Waals surface area contributed by atoms with Crippen molar-refractivity contribution in [2.24, 2.45) is 0 Å². The number of nitrogens with zero attached hydrogens (tertiary/aromatic N) is 1. The summed E-state index contributed by atoms with van der Waals surface area (Å²) in [6.45, 7) is 0. The molecule has 0 aliphatic carbocycles. The van der Waals surface area contributed by atoms with Gasteiger partial charge in [-0.05, 0) is 30.3 Å². The number of hydrogen-bond acceptors (Lipinski definition) is 3. The molecule has 0 atom stereocenters. The molecule has 3 nitrogen and oxygen atoms in total. The number of ketones is 1. The molecular weight excluding hydrogens is 252 g/mol. The lowest BCUT2D eigenvalue weighted by atomic mass is 10.0. The molecule has 0 fully saturated rings. The van der Waals surface area contributed by atoms with E-state index in [9.17, 15) is 13.6 Å². The molecule has 0 bridgehead atoms. The van der Waals surface area contributed by atoms with E-state index in [4.69, 9.17) is 4.74 Å². The van der Waals surface area contributed by atoms with Gasteiger partial charge in [-0.3, -0.25) is 9.78 Å². The van der Waals surface area contributed by atoms with Crippen LogP contribution in [0.3, 0.4) is 0 Å². The van der Waals surface area contributed by atoms with Crippen molar-refractivity contribution in [1.82, 2.24) is 4.98 Å². The van der Waals surface area contributed by atoms with Crippen LogP contribution in [0, 0.1) is 0 Å². The van der Waals surface area contributed by atoms with E-state index in [2.05, 4.69) is 4.98 Å². The van der Waals surface area contributed by atoms with Gasteiger partial charge < -0.3 is 4.74 Å². The van der Waals surface area contributed by atoms with Gasteiger partial charge >= 0.3 is 0 Å². The third kappa shape index (κ3) is 2.76. The van der Waals surface area contributed by atoms with Crippen molar-refractivity contribution in [3.63, 3.8) is 0 Å². The fraction of sp³-hybridized carbons (Fsp3) is 0.143. The van der Waals surface area contributed by atoms with Gasteiger partial charge in [-0.2, -0.15) is 0 Å². The number of carbonyl (C=O) groups is 1. The Balaban J connectivity index is 2.41. The zero-order valence-electron chi connectivity index (χ0n) is 10.1. The molecule has 0 spiro atoms. The van der Waals surface area contributed by atoms with Gasteiger partial charge in [-0.1, -0.05) is 6.07 Å². The van der Waals surface area contributed by atoms with Gasteiger partial charge in [0, 0.05) is 11.8 Å². The Morgan fingerprint density at radius 2 is 2.05 bits per heavy atom. The summed E-state index contributed by atoms with van der Waals surface area (Å²) in [6.07, 6.45) is -1.23. The van der Waals surface area contributed by atoms with E-state index in [0.29, 0.717) is 0 Å². The van der Waals surface area contributed by atoms with E-state index < -0.39 is 12.2 Å². The number of carbonyl (C=O) groups excluding carboxylic acids is 1. The Bertz CT molecular complexity index is 585. The predicted molar refractivity (Wildman–Crippen MR) is 65.6 cm³/mol. The summed E-state index contributed by atoms with van der Waals surface area (Å²) in [7, 11) is 1.31. The Hall–Kier alpha value is -2.30. The molecule has 0 aliphatic rings. The molecule has 0 N–H and O–H groups in total. The van der Waals surface area contributed by atoms with E-state index in [1.807, 2.05) is 0 Å². The molecule has 0 amide bonds. The lowest BCUT2D eigenvalue weighted by Gasteiger charge is -2.09. The zero-order chi connectivity index (χ0) is 13.8. The number of alkyl halides is 2. The van der Waals surface area contributed by atoms with E-state index in [1.165, 1.54) is 31.5 Å². The molecule has 2 rings (SSSR count). The number of methoxy groups -OCH3 is 1. The molecule has 1 aromatic heterocycles. The van der Waals surface area contributed by atoms with Crippen molar-refractivity contribution in [1.29, 1.82) is 0 Å². The van der Waals surface area contributed by atoms with Crippen molar-refractivity contribution < 1.29 is 18.3 Å². The standard InChI is InChI=1S/C14H11F2NO2/c1-19-12-6-5-9(8-10(12)14(15)16)13(18)11-4-2-3-7-17-11/h2-8,14H,1H3. The number of rotatable bonds is 4. The van der Waals surface area contributed by atoms with Crippen molar-refractivity contribution in [2.45, 2.75) is 6.43 Å². The molecule has 5 heteroatoms. The molecule has 98 valence electrons. The highest BCUT2D eigenvalue weighted by Gasteiger charge is 2.18. The van der Waals surface area contributed by atoms with Gasteiger partial charge in [0.1, 0.15) is 11.4 Å². The van der Waals surface area contributed by atoms with E-state index in [1.54, 1.807) is 12.1 Å². The molecular formula is C14H11F2NO2. The fourth-order valence-corrected chi connectivity index (χ4v) is 1.69. The van der Waals surface area contributed by atoms with Crippen LogP contribution in [-0.2, 0) is 0 Å². The van der Waals surface area contributed by atoms with Gasteiger partial charge in [-0.25, -0.2) is 8.78 Å². The minimum absolute atomic E-state index is 0.0626. The SMILES string of the molecule is COc1ccc(C(=O)c2ccccn2)cc1C(F)F. The maximum Gasteiger partial charge on any atom is 0.267 e. The molecule has 19 heavy (non-hydrogen) atoms. The van der Waals surface area contributed by atoms with Gasteiger partial charge in [0.2, 0.25) is 5.78 Å². The number of halogens is 2. The molecule has 0 saturated heterocycles. The van der Waals surface area contributed by atoms with Crippen LogP contribution in [0.1, 0.15) is 28.0 Å². The molecule has 0 radical (unpaired) electrons. The Morgan fingerprint density at radius 3 is 2.63 bits per heavy atom. The Morgan fingerprint density at radius 1 is 1.26 bits per heavy atom. The van der Waals surface area contributed by atoms with Crippen LogP contribution in [0.2, 0.25) is 0 Å². The van der Waals surface area contributed by atoms with Crippen LogP contribution in [0.4, 0.5) is 8.78 Å². The van der Waals surface area contributed by atoms with Gasteiger partial charge in [0.05, 0.1) is 12.7 Å². The summed E-state index contributed by atoms with van der Waals surface area (Å²) >= 11 is 0. The van der Waals surface area contributed by atoms with Crippen molar-refractivity contribution >= 4 is 5.78 Å². The van der Waals surface area contributed by atoms with E-state index in [-0.39, 0.29) is 22.6 Å². The highest BCUT2D eigenvalue weighted by molar-refractivity contribution is 6.07. The maximum absolute atomic E-state index is 12.9. The minimum Gasteiger partial charge on any atom is -0.496 e. The first-order valence-electron chi connectivity index (χ1n) is 5.55.